The number of aryl methyl sites for hydroxylation is 2. The summed E-state index contributed by atoms with van der Waals surface area (Å²) in [5, 5.41) is 7.35. The number of nitrogens with zero attached hydrogens (tertiary/aromatic N) is 6. The number of rotatable bonds is 3. The van der Waals surface area contributed by atoms with E-state index in [1.165, 1.54) is 6.20 Å². The summed E-state index contributed by atoms with van der Waals surface area (Å²) in [5.74, 6) is -0.287. The molecule has 0 radical (unpaired) electrons. The Hall–Kier alpha value is -2.97. The fraction of sp³-hybridized carbons (Fsp3) is 0.471. The molecule has 0 aliphatic carbocycles. The molecule has 2 aromatic rings. The van der Waals surface area contributed by atoms with Crippen LogP contribution in [0.2, 0.25) is 0 Å². The molecule has 3 amide bonds. The number of hydrogen-bond acceptors (Lipinski definition) is 5. The molecule has 0 spiro atoms. The van der Waals surface area contributed by atoms with E-state index >= 15 is 0 Å². The molecule has 1 aliphatic heterocycles. The average Bonchev–Trinajstić information content (AvgIpc) is 2.89. The highest BCUT2D eigenvalue weighted by Gasteiger charge is 2.21. The maximum Gasteiger partial charge on any atom is 0.319 e. The van der Waals surface area contributed by atoms with E-state index in [0.717, 1.165) is 30.0 Å². The van der Waals surface area contributed by atoms with Gasteiger partial charge in [-0.25, -0.2) is 9.78 Å². The molecule has 0 saturated carbocycles. The van der Waals surface area contributed by atoms with Gasteiger partial charge in [-0.05, 0) is 19.4 Å². The maximum atomic E-state index is 12.2. The van der Waals surface area contributed by atoms with Crippen molar-refractivity contribution < 1.29 is 9.59 Å². The minimum Gasteiger partial charge on any atom is -0.345 e. The Labute approximate surface area is 152 Å². The molecule has 0 unspecified atom stereocenters. The third-order valence-corrected chi connectivity index (χ3v) is 4.16. The molecule has 3 rings (SSSR count). The highest BCUT2D eigenvalue weighted by Crippen LogP contribution is 2.15. The first kappa shape index (κ1) is 17.8. The fourth-order valence-corrected chi connectivity index (χ4v) is 2.83. The monoisotopic (exact) mass is 357 g/mol. The normalized spacial score (nSPS) is 13.7. The molecule has 138 valence electrons. The fourth-order valence-electron chi connectivity index (χ4n) is 2.83. The predicted molar refractivity (Wildman–Crippen MR) is 94.3 cm³/mol. The van der Waals surface area contributed by atoms with Gasteiger partial charge in [0, 0.05) is 33.4 Å². The highest BCUT2D eigenvalue weighted by molar-refractivity contribution is 5.91. The quantitative estimate of drug-likeness (QED) is 0.876. The van der Waals surface area contributed by atoms with E-state index in [2.05, 4.69) is 20.4 Å². The van der Waals surface area contributed by atoms with E-state index in [0.29, 0.717) is 19.6 Å². The second kappa shape index (κ2) is 7.51. The summed E-state index contributed by atoms with van der Waals surface area (Å²) in [6.45, 7) is 4.09. The smallest absolute Gasteiger partial charge is 0.319 e. The van der Waals surface area contributed by atoms with Gasteiger partial charge in [0.1, 0.15) is 5.69 Å². The van der Waals surface area contributed by atoms with Crippen LogP contribution in [0.25, 0.3) is 0 Å². The molecule has 0 bridgehead atoms. The zero-order valence-corrected chi connectivity index (χ0v) is 15.3. The molecule has 0 aromatic carbocycles. The van der Waals surface area contributed by atoms with E-state index in [9.17, 15) is 9.59 Å². The highest BCUT2D eigenvalue weighted by atomic mass is 16.2. The first-order valence-corrected chi connectivity index (χ1v) is 8.52. The first-order chi connectivity index (χ1) is 12.4. The van der Waals surface area contributed by atoms with Gasteiger partial charge < -0.3 is 15.1 Å². The molecule has 26 heavy (non-hydrogen) atoms. The third-order valence-electron chi connectivity index (χ3n) is 4.16. The van der Waals surface area contributed by atoms with Crippen LogP contribution in [0, 0.1) is 6.92 Å². The SMILES string of the molecule is Cc1cnc(C(=O)NCc2cc3n(n2)CCCN(C(=O)N(C)C)C3)cn1. The summed E-state index contributed by atoms with van der Waals surface area (Å²) in [4.78, 5) is 35.9. The number of carbonyl (C=O) groups excluding carboxylic acids is 2. The maximum absolute atomic E-state index is 12.2. The third kappa shape index (κ3) is 3.98. The van der Waals surface area contributed by atoms with Crippen molar-refractivity contribution in [2.45, 2.75) is 33.0 Å². The van der Waals surface area contributed by atoms with Crippen molar-refractivity contribution in [1.29, 1.82) is 0 Å². The molecule has 0 atom stereocenters. The van der Waals surface area contributed by atoms with E-state index in [1.807, 2.05) is 22.6 Å². The van der Waals surface area contributed by atoms with Gasteiger partial charge in [0.15, 0.2) is 0 Å². The van der Waals surface area contributed by atoms with Crippen molar-refractivity contribution >= 4 is 11.9 Å². The van der Waals surface area contributed by atoms with Crippen molar-refractivity contribution in [1.82, 2.24) is 34.9 Å². The van der Waals surface area contributed by atoms with Crippen LogP contribution in [0.15, 0.2) is 18.5 Å². The van der Waals surface area contributed by atoms with Crippen molar-refractivity contribution in [3.05, 3.63) is 41.2 Å². The lowest BCUT2D eigenvalue weighted by molar-refractivity contribution is 0.0945. The standard InChI is InChI=1S/C17H23N7O2/c1-12-8-19-15(10-18-12)16(25)20-9-13-7-14-11-23(17(26)22(2)3)5-4-6-24(14)21-13/h7-8,10H,4-6,9,11H2,1-3H3,(H,20,25). The topological polar surface area (TPSA) is 96.2 Å². The zero-order chi connectivity index (χ0) is 18.7. The van der Waals surface area contributed by atoms with Crippen LogP contribution >= 0.6 is 0 Å². The average molecular weight is 357 g/mol. The second-order valence-corrected chi connectivity index (χ2v) is 6.53. The Bertz CT molecular complexity index is 798. The van der Waals surface area contributed by atoms with E-state index in [4.69, 9.17) is 0 Å². The summed E-state index contributed by atoms with van der Waals surface area (Å²) in [6, 6.07) is 1.93. The minimum absolute atomic E-state index is 0.00699. The Morgan fingerprint density at radius 1 is 1.23 bits per heavy atom. The van der Waals surface area contributed by atoms with Crippen LogP contribution in [0.3, 0.4) is 0 Å². The van der Waals surface area contributed by atoms with E-state index in [-0.39, 0.29) is 17.6 Å². The van der Waals surface area contributed by atoms with Crippen molar-refractivity contribution in [3.8, 4) is 0 Å². The first-order valence-electron chi connectivity index (χ1n) is 8.52. The number of urea groups is 1. The van der Waals surface area contributed by atoms with Gasteiger partial charge in [-0.2, -0.15) is 5.10 Å². The number of amides is 3. The second-order valence-electron chi connectivity index (χ2n) is 6.53. The Kier molecular flexibility index (Phi) is 5.15. The molecular weight excluding hydrogens is 334 g/mol. The van der Waals surface area contributed by atoms with E-state index < -0.39 is 0 Å². The summed E-state index contributed by atoms with van der Waals surface area (Å²) < 4.78 is 1.91. The number of aromatic nitrogens is 4. The van der Waals surface area contributed by atoms with Crippen molar-refractivity contribution in [3.63, 3.8) is 0 Å². The molecule has 2 aromatic heterocycles. The van der Waals surface area contributed by atoms with Gasteiger partial charge in [-0.1, -0.05) is 0 Å². The van der Waals surface area contributed by atoms with Crippen LogP contribution in [0.1, 0.15) is 34.0 Å². The molecule has 0 fully saturated rings. The lowest BCUT2D eigenvalue weighted by Gasteiger charge is -2.23. The van der Waals surface area contributed by atoms with Gasteiger partial charge in [-0.15, -0.1) is 0 Å². The van der Waals surface area contributed by atoms with E-state index in [1.54, 1.807) is 25.2 Å². The molecule has 3 heterocycles. The largest absolute Gasteiger partial charge is 0.345 e. The molecule has 1 aliphatic rings. The van der Waals surface area contributed by atoms with Crippen LogP contribution in [-0.4, -0.2) is 62.1 Å². The molecular formula is C17H23N7O2. The van der Waals surface area contributed by atoms with Crippen LogP contribution < -0.4 is 5.32 Å². The summed E-state index contributed by atoms with van der Waals surface area (Å²) in [5.41, 5.74) is 2.76. The van der Waals surface area contributed by atoms with Crippen LogP contribution in [0.5, 0.6) is 0 Å². The molecule has 1 N–H and O–H groups in total. The number of fused-ring (bicyclic) bond motifs is 1. The van der Waals surface area contributed by atoms with Gasteiger partial charge in [0.2, 0.25) is 0 Å². The number of hydrogen-bond donors (Lipinski definition) is 1. The zero-order valence-electron chi connectivity index (χ0n) is 15.3. The minimum atomic E-state index is -0.287. The summed E-state index contributed by atoms with van der Waals surface area (Å²) >= 11 is 0. The lowest BCUT2D eigenvalue weighted by Crippen LogP contribution is -2.38. The molecule has 0 saturated heterocycles. The molecule has 9 heteroatoms. The van der Waals surface area contributed by atoms with Gasteiger partial charge in [-0.3, -0.25) is 14.5 Å². The van der Waals surface area contributed by atoms with Crippen molar-refractivity contribution in [2.24, 2.45) is 0 Å². The van der Waals surface area contributed by atoms with Gasteiger partial charge >= 0.3 is 6.03 Å². The van der Waals surface area contributed by atoms with Crippen LogP contribution in [-0.2, 0) is 19.6 Å². The summed E-state index contributed by atoms with van der Waals surface area (Å²) in [7, 11) is 3.50. The van der Waals surface area contributed by atoms with Crippen LogP contribution in [0.4, 0.5) is 4.79 Å². The lowest BCUT2D eigenvalue weighted by atomic mass is 10.3. The van der Waals surface area contributed by atoms with Gasteiger partial charge in [0.25, 0.3) is 5.91 Å². The molecule has 9 nitrogen and oxygen atoms in total. The Morgan fingerprint density at radius 2 is 2.04 bits per heavy atom. The number of nitrogens with one attached hydrogen (secondary N) is 1. The predicted octanol–water partition coefficient (Wildman–Crippen LogP) is 0.799. The van der Waals surface area contributed by atoms with Gasteiger partial charge in [0.05, 0.1) is 36.4 Å². The number of carbonyl (C=O) groups is 2. The summed E-state index contributed by atoms with van der Waals surface area (Å²) in [6.07, 6.45) is 3.86. The Balaban J connectivity index is 1.64. The van der Waals surface area contributed by atoms with Crippen molar-refractivity contribution in [2.75, 3.05) is 20.6 Å². The Morgan fingerprint density at radius 3 is 2.73 bits per heavy atom.